The van der Waals surface area contributed by atoms with Gasteiger partial charge >= 0.3 is 0 Å². The Morgan fingerprint density at radius 2 is 2.20 bits per heavy atom. The van der Waals surface area contributed by atoms with Crippen LogP contribution in [0.1, 0.15) is 29.3 Å². The summed E-state index contributed by atoms with van der Waals surface area (Å²) in [6.07, 6.45) is 0.764. The summed E-state index contributed by atoms with van der Waals surface area (Å²) in [5.74, 6) is -0.544. The highest BCUT2D eigenvalue weighted by atomic mass is 35.5. The number of halogens is 2. The highest BCUT2D eigenvalue weighted by molar-refractivity contribution is 6.31. The Hall–Kier alpha value is -0.930. The molecule has 0 aliphatic heterocycles. The zero-order valence-electron chi connectivity index (χ0n) is 8.52. The summed E-state index contributed by atoms with van der Waals surface area (Å²) in [4.78, 5) is 11.5. The van der Waals surface area contributed by atoms with Gasteiger partial charge in [-0.25, -0.2) is 4.39 Å². The van der Waals surface area contributed by atoms with Crippen LogP contribution in [-0.4, -0.2) is 12.3 Å². The second-order valence-electron chi connectivity index (χ2n) is 3.25. The summed E-state index contributed by atoms with van der Waals surface area (Å²) in [6.45, 7) is 2.10. The molecule has 0 heterocycles. The molecule has 0 amide bonds. The molecule has 2 nitrogen and oxygen atoms in total. The summed E-state index contributed by atoms with van der Waals surface area (Å²) >= 11 is 5.68. The first-order valence-corrected chi connectivity index (χ1v) is 5.19. The average Bonchev–Trinajstić information content (AvgIpc) is 2.22. The van der Waals surface area contributed by atoms with Gasteiger partial charge in [-0.15, -0.1) is 0 Å². The molecule has 15 heavy (non-hydrogen) atoms. The molecule has 0 unspecified atom stereocenters. The first-order valence-electron chi connectivity index (χ1n) is 4.81. The normalized spacial score (nSPS) is 10.4. The second kappa shape index (κ2) is 5.24. The van der Waals surface area contributed by atoms with E-state index in [-0.39, 0.29) is 23.8 Å². The lowest BCUT2D eigenvalue weighted by Crippen LogP contribution is -2.09. The molecule has 0 radical (unpaired) electrons. The van der Waals surface area contributed by atoms with Crippen molar-refractivity contribution in [3.63, 3.8) is 0 Å². The van der Waals surface area contributed by atoms with E-state index in [1.165, 1.54) is 6.07 Å². The Morgan fingerprint density at radius 1 is 1.53 bits per heavy atom. The van der Waals surface area contributed by atoms with E-state index < -0.39 is 5.82 Å². The molecule has 1 aromatic carbocycles. The number of aryl methyl sites for hydroxylation is 1. The molecule has 1 aromatic rings. The van der Waals surface area contributed by atoms with Gasteiger partial charge in [0.1, 0.15) is 5.82 Å². The number of ketones is 1. The van der Waals surface area contributed by atoms with Gasteiger partial charge in [0.25, 0.3) is 0 Å². The molecule has 2 N–H and O–H groups in total. The van der Waals surface area contributed by atoms with Crippen LogP contribution < -0.4 is 5.73 Å². The molecule has 0 saturated carbocycles. The molecule has 0 aliphatic carbocycles. The summed E-state index contributed by atoms with van der Waals surface area (Å²) in [6, 6.07) is 2.90. The number of hydrogen-bond donors (Lipinski definition) is 1. The third kappa shape index (κ3) is 2.76. The van der Waals surface area contributed by atoms with Crippen molar-refractivity contribution < 1.29 is 9.18 Å². The van der Waals surface area contributed by atoms with Gasteiger partial charge in [-0.2, -0.15) is 0 Å². The quantitative estimate of drug-likeness (QED) is 0.807. The zero-order valence-corrected chi connectivity index (χ0v) is 9.27. The fourth-order valence-corrected chi connectivity index (χ4v) is 1.58. The number of carbonyl (C=O) groups is 1. The minimum Gasteiger partial charge on any atom is -0.330 e. The number of benzene rings is 1. The molecule has 0 atom stereocenters. The van der Waals surface area contributed by atoms with E-state index in [2.05, 4.69) is 0 Å². The molecule has 0 aromatic heterocycles. The SMILES string of the molecule is CCc1cc(C(=O)CCN)cc(Cl)c1F. The molecule has 0 aliphatic rings. The molecule has 82 valence electrons. The zero-order chi connectivity index (χ0) is 11.4. The molecular formula is C11H13ClFNO. The van der Waals surface area contributed by atoms with E-state index in [0.717, 1.165) is 0 Å². The van der Waals surface area contributed by atoms with Gasteiger partial charge in [-0.3, -0.25) is 4.79 Å². The molecule has 1 rings (SSSR count). The molecule has 0 spiro atoms. The Balaban J connectivity index is 3.10. The first kappa shape index (κ1) is 12.1. The van der Waals surface area contributed by atoms with Crippen LogP contribution in [-0.2, 0) is 6.42 Å². The fraction of sp³-hybridized carbons (Fsp3) is 0.364. The van der Waals surface area contributed by atoms with E-state index in [9.17, 15) is 9.18 Å². The number of nitrogens with two attached hydrogens (primary N) is 1. The number of Topliss-reactive ketones (excluding diaryl/α,β-unsaturated/α-hetero) is 1. The van der Waals surface area contributed by atoms with Crippen molar-refractivity contribution in [3.8, 4) is 0 Å². The van der Waals surface area contributed by atoms with Gasteiger partial charge in [0.05, 0.1) is 5.02 Å². The standard InChI is InChI=1S/C11H13ClFNO/c1-2-7-5-8(10(15)3-4-14)6-9(12)11(7)13/h5-6H,2-4,14H2,1H3. The minimum atomic E-state index is -0.441. The summed E-state index contributed by atoms with van der Waals surface area (Å²) in [7, 11) is 0. The first-order chi connectivity index (χ1) is 7.10. The van der Waals surface area contributed by atoms with Crippen LogP contribution in [0.25, 0.3) is 0 Å². The van der Waals surface area contributed by atoms with Crippen LogP contribution in [0.5, 0.6) is 0 Å². The third-order valence-corrected chi connectivity index (χ3v) is 2.45. The lowest BCUT2D eigenvalue weighted by molar-refractivity contribution is 0.0985. The fourth-order valence-electron chi connectivity index (χ4n) is 1.34. The van der Waals surface area contributed by atoms with Crippen molar-refractivity contribution in [3.05, 3.63) is 34.1 Å². The van der Waals surface area contributed by atoms with Crippen LogP contribution in [0.3, 0.4) is 0 Å². The summed E-state index contributed by atoms with van der Waals surface area (Å²) < 4.78 is 13.4. The Bertz CT molecular complexity index is 379. The highest BCUT2D eigenvalue weighted by Gasteiger charge is 2.12. The largest absolute Gasteiger partial charge is 0.330 e. The van der Waals surface area contributed by atoms with Crippen molar-refractivity contribution >= 4 is 17.4 Å². The van der Waals surface area contributed by atoms with E-state index in [0.29, 0.717) is 17.5 Å². The predicted molar refractivity (Wildman–Crippen MR) is 58.8 cm³/mol. The summed E-state index contributed by atoms with van der Waals surface area (Å²) in [5, 5.41) is -0.00489. The van der Waals surface area contributed by atoms with Crippen molar-refractivity contribution in [2.45, 2.75) is 19.8 Å². The smallest absolute Gasteiger partial charge is 0.164 e. The Labute approximate surface area is 93.2 Å². The monoisotopic (exact) mass is 229 g/mol. The van der Waals surface area contributed by atoms with Crippen LogP contribution in [0.4, 0.5) is 4.39 Å². The lowest BCUT2D eigenvalue weighted by Gasteiger charge is -2.06. The van der Waals surface area contributed by atoms with Crippen LogP contribution in [0, 0.1) is 5.82 Å². The second-order valence-corrected chi connectivity index (χ2v) is 3.65. The molecule has 4 heteroatoms. The van der Waals surface area contributed by atoms with Crippen LogP contribution >= 0.6 is 11.6 Å². The number of carbonyl (C=O) groups excluding carboxylic acids is 1. The van der Waals surface area contributed by atoms with E-state index >= 15 is 0 Å². The molecular weight excluding hydrogens is 217 g/mol. The van der Waals surface area contributed by atoms with Gasteiger partial charge in [-0.1, -0.05) is 18.5 Å². The molecule has 0 fully saturated rings. The van der Waals surface area contributed by atoms with Crippen molar-refractivity contribution in [2.24, 2.45) is 5.73 Å². The third-order valence-electron chi connectivity index (χ3n) is 2.18. The van der Waals surface area contributed by atoms with Gasteiger partial charge in [0.2, 0.25) is 0 Å². The van der Waals surface area contributed by atoms with Crippen LogP contribution in [0.2, 0.25) is 5.02 Å². The average molecular weight is 230 g/mol. The van der Waals surface area contributed by atoms with E-state index in [4.69, 9.17) is 17.3 Å². The van der Waals surface area contributed by atoms with Crippen LogP contribution in [0.15, 0.2) is 12.1 Å². The number of hydrogen-bond acceptors (Lipinski definition) is 2. The van der Waals surface area contributed by atoms with Gasteiger partial charge in [0, 0.05) is 12.0 Å². The maximum Gasteiger partial charge on any atom is 0.164 e. The van der Waals surface area contributed by atoms with Gasteiger partial charge < -0.3 is 5.73 Å². The van der Waals surface area contributed by atoms with Crippen molar-refractivity contribution in [1.82, 2.24) is 0 Å². The molecule has 0 saturated heterocycles. The predicted octanol–water partition coefficient (Wildman–Crippen LogP) is 2.57. The maximum atomic E-state index is 13.4. The Morgan fingerprint density at radius 3 is 2.73 bits per heavy atom. The van der Waals surface area contributed by atoms with Gasteiger partial charge in [-0.05, 0) is 30.7 Å². The topological polar surface area (TPSA) is 43.1 Å². The number of rotatable bonds is 4. The van der Waals surface area contributed by atoms with Gasteiger partial charge in [0.15, 0.2) is 5.78 Å². The van der Waals surface area contributed by atoms with Crippen molar-refractivity contribution in [2.75, 3.05) is 6.54 Å². The molecule has 0 bridgehead atoms. The lowest BCUT2D eigenvalue weighted by atomic mass is 10.0. The van der Waals surface area contributed by atoms with E-state index in [1.54, 1.807) is 6.07 Å². The maximum absolute atomic E-state index is 13.4. The van der Waals surface area contributed by atoms with Crippen molar-refractivity contribution in [1.29, 1.82) is 0 Å². The minimum absolute atomic E-state index is 0.00489. The highest BCUT2D eigenvalue weighted by Crippen LogP contribution is 2.22. The summed E-state index contributed by atoms with van der Waals surface area (Å²) in [5.41, 5.74) is 6.17. The Kier molecular flexibility index (Phi) is 4.24. The van der Waals surface area contributed by atoms with E-state index in [1.807, 2.05) is 6.92 Å².